The van der Waals surface area contributed by atoms with Gasteiger partial charge in [0.05, 0.1) is 0 Å². The number of hydrogen-bond acceptors (Lipinski definition) is 1. The Bertz CT molecular complexity index is 719. The summed E-state index contributed by atoms with van der Waals surface area (Å²) in [4.78, 5) is 0. The molecule has 0 heterocycles. The van der Waals surface area contributed by atoms with Gasteiger partial charge in [-0.15, -0.1) is 5.92 Å². The molecule has 0 unspecified atom stereocenters. The molecule has 0 radical (unpaired) electrons. The number of rotatable bonds is 0. The summed E-state index contributed by atoms with van der Waals surface area (Å²) in [5, 5.41) is 9.35. The third kappa shape index (κ3) is 3.41. The van der Waals surface area contributed by atoms with Crippen molar-refractivity contribution < 1.29 is 5.11 Å². The lowest BCUT2D eigenvalue weighted by atomic mass is 10.1. The quantitative estimate of drug-likeness (QED) is 0.706. The lowest BCUT2D eigenvalue weighted by Crippen LogP contribution is -1.82. The minimum Gasteiger partial charge on any atom is -0.508 e. The summed E-state index contributed by atoms with van der Waals surface area (Å²) < 4.78 is 0. The van der Waals surface area contributed by atoms with Crippen molar-refractivity contribution in [3.63, 3.8) is 0 Å². The Morgan fingerprint density at radius 1 is 0.895 bits per heavy atom. The van der Waals surface area contributed by atoms with Crippen LogP contribution in [-0.2, 0) is 0 Å². The number of hydrogen-bond donors (Lipinski definition) is 1. The summed E-state index contributed by atoms with van der Waals surface area (Å²) in [6.45, 7) is 3.75. The van der Waals surface area contributed by atoms with Gasteiger partial charge in [0.2, 0.25) is 0 Å². The zero-order valence-electron chi connectivity index (χ0n) is 11.0. The minimum atomic E-state index is 0.267. The van der Waals surface area contributed by atoms with E-state index in [1.165, 1.54) is 0 Å². The van der Waals surface area contributed by atoms with Crippen molar-refractivity contribution in [1.29, 1.82) is 0 Å². The van der Waals surface area contributed by atoms with E-state index in [1.54, 1.807) is 12.1 Å². The number of phenols is 1. The fourth-order valence-corrected chi connectivity index (χ4v) is 1.75. The van der Waals surface area contributed by atoms with Crippen molar-refractivity contribution in [3.05, 3.63) is 64.7 Å². The molecule has 1 N–H and O–H groups in total. The van der Waals surface area contributed by atoms with Crippen LogP contribution in [0.4, 0.5) is 0 Å². The van der Waals surface area contributed by atoms with Crippen LogP contribution in [0.25, 0.3) is 0 Å². The first-order chi connectivity index (χ1) is 9.19. The highest BCUT2D eigenvalue weighted by atomic mass is 16.3. The molecule has 0 aliphatic heterocycles. The number of phenolic OH excluding ortho intramolecular Hbond substituents is 1. The van der Waals surface area contributed by atoms with Crippen molar-refractivity contribution in [1.82, 2.24) is 0 Å². The summed E-state index contributed by atoms with van der Waals surface area (Å²) in [5.41, 5.74) is 3.80. The van der Waals surface area contributed by atoms with Gasteiger partial charge in [0.1, 0.15) is 5.75 Å². The van der Waals surface area contributed by atoms with Gasteiger partial charge in [-0.2, -0.15) is 0 Å². The number of benzene rings is 2. The highest BCUT2D eigenvalue weighted by molar-refractivity contribution is 5.50. The molecule has 1 heteroatoms. The fourth-order valence-electron chi connectivity index (χ4n) is 1.75. The normalized spacial score (nSPS) is 8.95. The van der Waals surface area contributed by atoms with Gasteiger partial charge < -0.3 is 5.11 Å². The molecule has 2 aromatic rings. The molecule has 19 heavy (non-hydrogen) atoms. The van der Waals surface area contributed by atoms with Gasteiger partial charge in [-0.3, -0.25) is 0 Å². The van der Waals surface area contributed by atoms with Gasteiger partial charge in [0.15, 0.2) is 0 Å². The fraction of sp³-hybridized carbons (Fsp3) is 0.111. The third-order valence-corrected chi connectivity index (χ3v) is 2.68. The van der Waals surface area contributed by atoms with Crippen LogP contribution in [0, 0.1) is 30.6 Å². The Morgan fingerprint density at radius 3 is 2.32 bits per heavy atom. The van der Waals surface area contributed by atoms with E-state index in [9.17, 15) is 5.11 Å². The van der Waals surface area contributed by atoms with E-state index < -0.39 is 0 Å². The molecule has 0 saturated carbocycles. The Morgan fingerprint density at radius 2 is 1.63 bits per heavy atom. The lowest BCUT2D eigenvalue weighted by molar-refractivity contribution is 0.475. The second-order valence-electron chi connectivity index (χ2n) is 4.21. The Hall–Kier alpha value is -2.64. The molecule has 0 fully saturated rings. The standard InChI is InChI=1S/C18H14O/c1-3-5-15-6-4-7-16(13-15)8-9-17-10-11-18(19)12-14(17)2/h4,6-7,10-13,19H,1-2H3. The number of aromatic hydroxyl groups is 1. The molecular formula is C18H14O. The highest BCUT2D eigenvalue weighted by Crippen LogP contribution is 2.14. The first-order valence-electron chi connectivity index (χ1n) is 6.03. The van der Waals surface area contributed by atoms with E-state index in [0.29, 0.717) is 0 Å². The van der Waals surface area contributed by atoms with Crippen LogP contribution in [0.3, 0.4) is 0 Å². The van der Waals surface area contributed by atoms with Crippen LogP contribution in [0.2, 0.25) is 0 Å². The van der Waals surface area contributed by atoms with Crippen molar-refractivity contribution >= 4 is 0 Å². The zero-order valence-corrected chi connectivity index (χ0v) is 11.0. The molecule has 0 atom stereocenters. The molecule has 0 bridgehead atoms. The van der Waals surface area contributed by atoms with Crippen LogP contribution >= 0.6 is 0 Å². The van der Waals surface area contributed by atoms with Crippen molar-refractivity contribution in [2.45, 2.75) is 13.8 Å². The summed E-state index contributed by atoms with van der Waals surface area (Å²) >= 11 is 0. The van der Waals surface area contributed by atoms with E-state index in [4.69, 9.17) is 0 Å². The van der Waals surface area contributed by atoms with Crippen LogP contribution in [0.5, 0.6) is 5.75 Å². The SMILES string of the molecule is CC#Cc1cccc(C#Cc2ccc(O)cc2C)c1. The first-order valence-corrected chi connectivity index (χ1v) is 6.03. The van der Waals surface area contributed by atoms with E-state index in [2.05, 4.69) is 23.7 Å². The van der Waals surface area contributed by atoms with E-state index in [1.807, 2.05) is 44.2 Å². The summed E-state index contributed by atoms with van der Waals surface area (Å²) in [6.07, 6.45) is 0. The molecule has 0 aliphatic rings. The molecule has 0 saturated heterocycles. The average Bonchev–Trinajstić information content (AvgIpc) is 2.38. The largest absolute Gasteiger partial charge is 0.508 e. The monoisotopic (exact) mass is 246 g/mol. The van der Waals surface area contributed by atoms with Crippen molar-refractivity contribution in [3.8, 4) is 29.4 Å². The summed E-state index contributed by atoms with van der Waals surface area (Å²) in [5.74, 6) is 12.4. The van der Waals surface area contributed by atoms with Gasteiger partial charge in [0.25, 0.3) is 0 Å². The van der Waals surface area contributed by atoms with Gasteiger partial charge in [-0.05, 0) is 55.8 Å². The Kier molecular flexibility index (Phi) is 3.91. The molecule has 0 aliphatic carbocycles. The van der Waals surface area contributed by atoms with E-state index in [0.717, 1.165) is 22.3 Å². The smallest absolute Gasteiger partial charge is 0.115 e. The van der Waals surface area contributed by atoms with Gasteiger partial charge in [-0.25, -0.2) is 0 Å². The second-order valence-corrected chi connectivity index (χ2v) is 4.21. The predicted octanol–water partition coefficient (Wildman–Crippen LogP) is 3.47. The molecule has 0 amide bonds. The summed E-state index contributed by atoms with van der Waals surface area (Å²) in [6, 6.07) is 13.0. The van der Waals surface area contributed by atoms with Crippen LogP contribution in [0.1, 0.15) is 29.2 Å². The predicted molar refractivity (Wildman–Crippen MR) is 77.8 cm³/mol. The maximum absolute atomic E-state index is 9.35. The molecule has 0 spiro atoms. The molecular weight excluding hydrogens is 232 g/mol. The van der Waals surface area contributed by atoms with Gasteiger partial charge in [-0.1, -0.05) is 23.8 Å². The topological polar surface area (TPSA) is 20.2 Å². The second kappa shape index (κ2) is 5.80. The van der Waals surface area contributed by atoms with E-state index in [-0.39, 0.29) is 5.75 Å². The Balaban J connectivity index is 2.32. The number of aryl methyl sites for hydroxylation is 1. The average molecular weight is 246 g/mol. The molecule has 1 nitrogen and oxygen atoms in total. The van der Waals surface area contributed by atoms with Crippen LogP contribution in [-0.4, -0.2) is 5.11 Å². The van der Waals surface area contributed by atoms with Crippen LogP contribution in [0.15, 0.2) is 42.5 Å². The highest BCUT2D eigenvalue weighted by Gasteiger charge is 1.95. The summed E-state index contributed by atoms with van der Waals surface area (Å²) in [7, 11) is 0. The maximum atomic E-state index is 9.35. The molecule has 2 rings (SSSR count). The van der Waals surface area contributed by atoms with Gasteiger partial charge in [0, 0.05) is 16.7 Å². The lowest BCUT2D eigenvalue weighted by Gasteiger charge is -1.98. The molecule has 2 aromatic carbocycles. The van der Waals surface area contributed by atoms with Crippen molar-refractivity contribution in [2.24, 2.45) is 0 Å². The maximum Gasteiger partial charge on any atom is 0.115 e. The third-order valence-electron chi connectivity index (χ3n) is 2.68. The molecule has 0 aromatic heterocycles. The Labute approximate surface area is 113 Å². The molecule has 92 valence electrons. The van der Waals surface area contributed by atoms with Crippen molar-refractivity contribution in [2.75, 3.05) is 0 Å². The van der Waals surface area contributed by atoms with Crippen LogP contribution < -0.4 is 0 Å². The minimum absolute atomic E-state index is 0.267. The van der Waals surface area contributed by atoms with E-state index >= 15 is 0 Å². The first kappa shape index (κ1) is 12.8. The van der Waals surface area contributed by atoms with Gasteiger partial charge >= 0.3 is 0 Å². The zero-order chi connectivity index (χ0) is 13.7.